The second-order valence-electron chi connectivity index (χ2n) is 12.1. The second-order valence-corrected chi connectivity index (χ2v) is 12.5. The van der Waals surface area contributed by atoms with Crippen molar-refractivity contribution in [3.63, 3.8) is 0 Å². The summed E-state index contributed by atoms with van der Waals surface area (Å²) in [6.07, 6.45) is 6.87. The number of anilines is 2. The third kappa shape index (κ3) is 4.53. The van der Waals surface area contributed by atoms with Gasteiger partial charge >= 0.3 is 0 Å². The van der Waals surface area contributed by atoms with Crippen LogP contribution in [0.2, 0.25) is 5.02 Å². The first kappa shape index (κ1) is 25.2. The Morgan fingerprint density at radius 2 is 1.92 bits per heavy atom. The summed E-state index contributed by atoms with van der Waals surface area (Å²) >= 11 is 6.74. The number of benzene rings is 1. The van der Waals surface area contributed by atoms with E-state index in [1.807, 2.05) is 12.3 Å². The van der Waals surface area contributed by atoms with Crippen LogP contribution < -0.4 is 9.80 Å². The quantitative estimate of drug-likeness (QED) is 0.301. The minimum atomic E-state index is 0.245. The lowest BCUT2D eigenvalue weighted by Gasteiger charge is -2.41. The third-order valence-electron chi connectivity index (χ3n) is 8.24. The van der Waals surface area contributed by atoms with E-state index in [0.717, 1.165) is 60.7 Å². The van der Waals surface area contributed by atoms with Gasteiger partial charge in [-0.1, -0.05) is 51.4 Å². The van der Waals surface area contributed by atoms with Gasteiger partial charge in [0.25, 0.3) is 0 Å². The maximum Gasteiger partial charge on any atom is 0.164 e. The smallest absolute Gasteiger partial charge is 0.164 e. The summed E-state index contributed by atoms with van der Waals surface area (Å²) in [5, 5.41) is 1.54. The molecule has 2 aliphatic heterocycles. The lowest BCUT2D eigenvalue weighted by molar-refractivity contribution is 0.291. The van der Waals surface area contributed by atoms with Crippen molar-refractivity contribution in [3.05, 3.63) is 64.1 Å². The molecule has 4 aromatic rings. The molecule has 1 N–H and O–H groups in total. The molecule has 1 fully saturated rings. The van der Waals surface area contributed by atoms with Crippen LogP contribution in [0.3, 0.4) is 0 Å². The molecule has 0 amide bonds. The predicted octanol–water partition coefficient (Wildman–Crippen LogP) is 7.29. The van der Waals surface area contributed by atoms with Gasteiger partial charge in [-0.25, -0.2) is 15.0 Å². The number of aromatic amines is 1. The van der Waals surface area contributed by atoms with Crippen molar-refractivity contribution in [1.29, 1.82) is 0 Å². The molecule has 38 heavy (non-hydrogen) atoms. The number of piperidine rings is 1. The zero-order chi connectivity index (χ0) is 26.6. The van der Waals surface area contributed by atoms with E-state index in [1.54, 1.807) is 6.20 Å². The highest BCUT2D eigenvalue weighted by Gasteiger charge is 2.32. The van der Waals surface area contributed by atoms with Gasteiger partial charge in [0.05, 0.1) is 16.3 Å². The number of rotatable bonds is 4. The Morgan fingerprint density at radius 3 is 2.71 bits per heavy atom. The molecule has 0 spiro atoms. The van der Waals surface area contributed by atoms with E-state index in [4.69, 9.17) is 21.6 Å². The van der Waals surface area contributed by atoms with Crippen LogP contribution >= 0.6 is 11.6 Å². The van der Waals surface area contributed by atoms with Crippen LogP contribution in [-0.4, -0.2) is 39.6 Å². The Morgan fingerprint density at radius 1 is 1.08 bits per heavy atom. The average Bonchev–Trinajstić information content (AvgIpc) is 3.36. The van der Waals surface area contributed by atoms with Crippen molar-refractivity contribution < 1.29 is 0 Å². The first-order valence-electron chi connectivity index (χ1n) is 13.8. The van der Waals surface area contributed by atoms with Crippen molar-refractivity contribution in [2.24, 2.45) is 5.41 Å². The molecule has 7 heteroatoms. The summed E-state index contributed by atoms with van der Waals surface area (Å²) in [7, 11) is 0. The summed E-state index contributed by atoms with van der Waals surface area (Å²) in [4.78, 5) is 23.2. The van der Waals surface area contributed by atoms with Crippen molar-refractivity contribution in [2.45, 2.75) is 66.3 Å². The van der Waals surface area contributed by atoms with E-state index < -0.39 is 0 Å². The summed E-state index contributed by atoms with van der Waals surface area (Å²) in [5.74, 6) is 2.26. The fourth-order valence-corrected chi connectivity index (χ4v) is 6.35. The minimum absolute atomic E-state index is 0.245. The Labute approximate surface area is 230 Å². The number of nitrogens with zero attached hydrogens (tertiary/aromatic N) is 5. The molecule has 0 saturated carbocycles. The van der Waals surface area contributed by atoms with Crippen LogP contribution in [0.25, 0.3) is 22.4 Å². The number of pyridine rings is 1. The average molecular weight is 529 g/mol. The number of aromatic nitrogens is 4. The van der Waals surface area contributed by atoms with Crippen LogP contribution in [0.15, 0.2) is 36.7 Å². The van der Waals surface area contributed by atoms with Crippen molar-refractivity contribution in [3.8, 4) is 11.4 Å². The van der Waals surface area contributed by atoms with Crippen LogP contribution in [0.4, 0.5) is 11.5 Å². The molecule has 5 heterocycles. The molecule has 0 aliphatic carbocycles. The number of nitrogens with one attached hydrogen (secondary N) is 1. The predicted molar refractivity (Wildman–Crippen MR) is 157 cm³/mol. The van der Waals surface area contributed by atoms with Gasteiger partial charge in [-0.3, -0.25) is 0 Å². The topological polar surface area (TPSA) is 60.9 Å². The Hall–Kier alpha value is -3.12. The van der Waals surface area contributed by atoms with Crippen molar-refractivity contribution in [2.75, 3.05) is 29.4 Å². The minimum Gasteiger partial charge on any atom is -0.366 e. The zero-order valence-electron chi connectivity index (χ0n) is 23.1. The fraction of sp³-hybridized carbons (Fsp3) is 0.452. The van der Waals surface area contributed by atoms with Gasteiger partial charge in [0, 0.05) is 61.6 Å². The molecule has 198 valence electrons. The zero-order valence-corrected chi connectivity index (χ0v) is 23.9. The third-order valence-corrected chi connectivity index (χ3v) is 8.53. The molecular weight excluding hydrogens is 492 g/mol. The highest BCUT2D eigenvalue weighted by atomic mass is 35.5. The molecule has 0 atom stereocenters. The normalized spacial score (nSPS) is 17.3. The first-order chi connectivity index (χ1) is 18.2. The molecule has 3 aromatic heterocycles. The maximum atomic E-state index is 6.74. The van der Waals surface area contributed by atoms with Crippen LogP contribution in [0, 0.1) is 12.3 Å². The molecule has 0 bridgehead atoms. The van der Waals surface area contributed by atoms with Gasteiger partial charge in [-0.15, -0.1) is 0 Å². The summed E-state index contributed by atoms with van der Waals surface area (Å²) in [6.45, 7) is 15.2. The molecule has 6 rings (SSSR count). The van der Waals surface area contributed by atoms with Gasteiger partial charge in [-0.05, 0) is 54.4 Å². The van der Waals surface area contributed by atoms with Crippen LogP contribution in [-0.2, 0) is 13.0 Å². The standard InChI is InChI=1S/C31H37ClN6/c1-19(2)21-8-7-20(3)26(15-21)37-14-10-25-23(17-37)30(38-13-6-11-31(4,5)18-38)36-29(35-25)27-22-9-12-33-28(22)34-16-24(27)32/h7-9,12,15-16,19H,6,10-11,13-14,17-18H2,1-5H3,(H,33,34). The maximum absolute atomic E-state index is 6.74. The lowest BCUT2D eigenvalue weighted by Crippen LogP contribution is -2.42. The van der Waals surface area contributed by atoms with E-state index in [2.05, 4.69) is 72.6 Å². The van der Waals surface area contributed by atoms with Gasteiger partial charge in [0.15, 0.2) is 5.82 Å². The van der Waals surface area contributed by atoms with Crippen LogP contribution in [0.5, 0.6) is 0 Å². The summed E-state index contributed by atoms with van der Waals surface area (Å²) < 4.78 is 0. The van der Waals surface area contributed by atoms with E-state index in [-0.39, 0.29) is 5.41 Å². The van der Waals surface area contributed by atoms with E-state index in [9.17, 15) is 0 Å². The molecule has 0 unspecified atom stereocenters. The van der Waals surface area contributed by atoms with Gasteiger partial charge in [-0.2, -0.15) is 0 Å². The Kier molecular flexibility index (Phi) is 6.34. The van der Waals surface area contributed by atoms with Gasteiger partial charge in [0.1, 0.15) is 11.5 Å². The largest absolute Gasteiger partial charge is 0.366 e. The molecule has 0 radical (unpaired) electrons. The lowest BCUT2D eigenvalue weighted by atomic mass is 9.84. The van der Waals surface area contributed by atoms with Gasteiger partial charge < -0.3 is 14.8 Å². The molecular formula is C31H37ClN6. The highest BCUT2D eigenvalue weighted by Crippen LogP contribution is 2.39. The SMILES string of the molecule is Cc1ccc(C(C)C)cc1N1CCc2nc(-c3c(Cl)cnc4[nH]ccc34)nc(N3CCCC(C)(C)C3)c2C1. The van der Waals surface area contributed by atoms with Gasteiger partial charge in [0.2, 0.25) is 0 Å². The monoisotopic (exact) mass is 528 g/mol. The number of H-pyrrole nitrogens is 1. The molecule has 1 aromatic carbocycles. The number of hydrogen-bond acceptors (Lipinski definition) is 5. The number of halogens is 1. The van der Waals surface area contributed by atoms with E-state index in [1.165, 1.54) is 35.2 Å². The molecule has 2 aliphatic rings. The summed E-state index contributed by atoms with van der Waals surface area (Å²) in [5.41, 5.74) is 8.32. The van der Waals surface area contributed by atoms with Crippen molar-refractivity contribution >= 4 is 34.1 Å². The second kappa shape index (κ2) is 9.57. The fourth-order valence-electron chi connectivity index (χ4n) is 6.12. The Bertz CT molecular complexity index is 1500. The summed E-state index contributed by atoms with van der Waals surface area (Å²) in [6, 6.07) is 8.92. The number of fused-ring (bicyclic) bond motifs is 2. The number of hydrogen-bond donors (Lipinski definition) is 1. The van der Waals surface area contributed by atoms with E-state index in [0.29, 0.717) is 16.8 Å². The molecule has 6 nitrogen and oxygen atoms in total. The van der Waals surface area contributed by atoms with E-state index >= 15 is 0 Å². The molecule has 1 saturated heterocycles. The van der Waals surface area contributed by atoms with Crippen LogP contribution in [0.1, 0.15) is 68.8 Å². The number of aryl methyl sites for hydroxylation is 1. The van der Waals surface area contributed by atoms with Crippen molar-refractivity contribution in [1.82, 2.24) is 19.9 Å². The Balaban J connectivity index is 1.48. The highest BCUT2D eigenvalue weighted by molar-refractivity contribution is 6.34. The first-order valence-corrected chi connectivity index (χ1v) is 14.2.